The van der Waals surface area contributed by atoms with Crippen LogP contribution in [0, 0.1) is 0 Å². The van der Waals surface area contributed by atoms with Crippen molar-refractivity contribution in [3.8, 4) is 11.5 Å². The number of halogens is 1. The topological polar surface area (TPSA) is 21.7 Å². The van der Waals surface area contributed by atoms with Gasteiger partial charge in [0.25, 0.3) is 0 Å². The van der Waals surface area contributed by atoms with E-state index in [9.17, 15) is 0 Å². The Morgan fingerprint density at radius 3 is 2.27 bits per heavy atom. The molecule has 0 bridgehead atoms. The van der Waals surface area contributed by atoms with Gasteiger partial charge in [0.2, 0.25) is 0 Å². The van der Waals surface area contributed by atoms with Crippen LogP contribution in [-0.2, 0) is 0 Å². The molecule has 156 valence electrons. The molecule has 0 radical (unpaired) electrons. The number of benzene rings is 3. The van der Waals surface area contributed by atoms with Crippen LogP contribution in [-0.4, -0.2) is 37.2 Å². The van der Waals surface area contributed by atoms with E-state index in [1.807, 2.05) is 54.6 Å². The highest BCUT2D eigenvalue weighted by Gasteiger charge is 2.31. The summed E-state index contributed by atoms with van der Waals surface area (Å²) in [5, 5.41) is 0.731. The molecule has 0 N–H and O–H groups in total. The van der Waals surface area contributed by atoms with Crippen molar-refractivity contribution >= 4 is 11.6 Å². The fourth-order valence-electron chi connectivity index (χ4n) is 4.05. The van der Waals surface area contributed by atoms with E-state index >= 15 is 0 Å². The molecular formula is C26H28ClNO2. The zero-order valence-corrected chi connectivity index (χ0v) is 17.9. The fourth-order valence-corrected chi connectivity index (χ4v) is 4.17. The van der Waals surface area contributed by atoms with Crippen LogP contribution in [0.25, 0.3) is 0 Å². The van der Waals surface area contributed by atoms with E-state index in [1.54, 1.807) is 0 Å². The highest BCUT2D eigenvalue weighted by atomic mass is 35.5. The van der Waals surface area contributed by atoms with Gasteiger partial charge in [-0.1, -0.05) is 60.1 Å². The first kappa shape index (κ1) is 20.8. The predicted octanol–water partition coefficient (Wildman–Crippen LogP) is 6.05. The molecule has 4 heteroatoms. The molecular weight excluding hydrogens is 394 g/mol. The molecule has 1 saturated heterocycles. The zero-order valence-electron chi connectivity index (χ0n) is 17.1. The minimum atomic E-state index is 0.191. The number of para-hydroxylation sites is 1. The molecule has 0 aromatic heterocycles. The summed E-state index contributed by atoms with van der Waals surface area (Å²) in [6.45, 7) is 3.78. The average Bonchev–Trinajstić information content (AvgIpc) is 2.80. The Hall–Kier alpha value is -2.49. The molecule has 1 fully saturated rings. The van der Waals surface area contributed by atoms with Crippen LogP contribution in [0.1, 0.15) is 24.3 Å². The monoisotopic (exact) mass is 421 g/mol. The minimum absolute atomic E-state index is 0.191. The molecule has 4 rings (SSSR count). The minimum Gasteiger partial charge on any atom is -0.494 e. The molecule has 2 atom stereocenters. The molecule has 1 aliphatic rings. The standard InChI is InChI=1S/C26H28ClNO2/c27-22-12-14-23(15-13-22)29-19-7-17-28-18-16-26(30-24-10-5-2-6-11-24)25(20-28)21-8-3-1-4-9-21/h1-6,8-15,25-26H,7,16-20H2. The van der Waals surface area contributed by atoms with E-state index in [4.69, 9.17) is 21.1 Å². The fraction of sp³-hybridized carbons (Fsp3) is 0.308. The molecule has 30 heavy (non-hydrogen) atoms. The van der Waals surface area contributed by atoms with Crippen LogP contribution in [0.4, 0.5) is 0 Å². The Kier molecular flexibility index (Phi) is 7.28. The van der Waals surface area contributed by atoms with Crippen molar-refractivity contribution in [2.45, 2.75) is 24.9 Å². The van der Waals surface area contributed by atoms with E-state index in [0.717, 1.165) is 49.0 Å². The van der Waals surface area contributed by atoms with Crippen molar-refractivity contribution in [2.24, 2.45) is 0 Å². The second-order valence-corrected chi connectivity index (χ2v) is 8.17. The van der Waals surface area contributed by atoms with Gasteiger partial charge >= 0.3 is 0 Å². The summed E-state index contributed by atoms with van der Waals surface area (Å²) < 4.78 is 12.3. The van der Waals surface area contributed by atoms with Gasteiger partial charge in [0.1, 0.15) is 17.6 Å². The number of ether oxygens (including phenoxy) is 2. The lowest BCUT2D eigenvalue weighted by molar-refractivity contribution is 0.0750. The molecule has 0 spiro atoms. The van der Waals surface area contributed by atoms with Gasteiger partial charge in [-0.2, -0.15) is 0 Å². The van der Waals surface area contributed by atoms with Gasteiger partial charge in [-0.25, -0.2) is 0 Å². The average molecular weight is 422 g/mol. The molecule has 0 amide bonds. The van der Waals surface area contributed by atoms with E-state index in [0.29, 0.717) is 12.5 Å². The Balaban J connectivity index is 1.33. The maximum absolute atomic E-state index is 6.40. The summed E-state index contributed by atoms with van der Waals surface area (Å²) in [6, 6.07) is 28.5. The third-order valence-electron chi connectivity index (χ3n) is 5.59. The molecule has 1 heterocycles. The third-order valence-corrected chi connectivity index (χ3v) is 5.84. The second-order valence-electron chi connectivity index (χ2n) is 7.73. The van der Waals surface area contributed by atoms with E-state index in [2.05, 4.69) is 35.2 Å². The Bertz CT molecular complexity index is 886. The van der Waals surface area contributed by atoms with Crippen molar-refractivity contribution in [2.75, 3.05) is 26.2 Å². The van der Waals surface area contributed by atoms with Gasteiger partial charge in [0.05, 0.1) is 6.61 Å². The highest BCUT2D eigenvalue weighted by molar-refractivity contribution is 6.30. The first-order valence-corrected chi connectivity index (χ1v) is 11.0. The van der Waals surface area contributed by atoms with Crippen molar-refractivity contribution in [1.82, 2.24) is 4.90 Å². The number of piperidine rings is 1. The molecule has 3 aromatic rings. The van der Waals surface area contributed by atoms with Crippen molar-refractivity contribution in [1.29, 1.82) is 0 Å². The van der Waals surface area contributed by atoms with Gasteiger partial charge < -0.3 is 14.4 Å². The predicted molar refractivity (Wildman–Crippen MR) is 123 cm³/mol. The molecule has 0 saturated carbocycles. The molecule has 3 nitrogen and oxygen atoms in total. The molecule has 3 aromatic carbocycles. The lowest BCUT2D eigenvalue weighted by Crippen LogP contribution is -2.44. The SMILES string of the molecule is Clc1ccc(OCCCN2CCC(Oc3ccccc3)C(c3ccccc3)C2)cc1. The summed E-state index contributed by atoms with van der Waals surface area (Å²) in [7, 11) is 0. The van der Waals surface area contributed by atoms with Gasteiger partial charge in [-0.15, -0.1) is 0 Å². The van der Waals surface area contributed by atoms with Gasteiger partial charge in [0.15, 0.2) is 0 Å². The molecule has 0 aliphatic carbocycles. The number of hydrogen-bond donors (Lipinski definition) is 0. The van der Waals surface area contributed by atoms with Crippen molar-refractivity contribution in [3.63, 3.8) is 0 Å². The van der Waals surface area contributed by atoms with E-state index < -0.39 is 0 Å². The normalized spacial score (nSPS) is 19.4. The van der Waals surface area contributed by atoms with Gasteiger partial charge in [0, 0.05) is 30.6 Å². The van der Waals surface area contributed by atoms with Crippen LogP contribution >= 0.6 is 11.6 Å². The van der Waals surface area contributed by atoms with Crippen LogP contribution in [0.3, 0.4) is 0 Å². The number of hydrogen-bond acceptors (Lipinski definition) is 3. The zero-order chi connectivity index (χ0) is 20.6. The second kappa shape index (κ2) is 10.5. The maximum Gasteiger partial charge on any atom is 0.119 e. The smallest absolute Gasteiger partial charge is 0.119 e. The number of rotatable bonds is 8. The summed E-state index contributed by atoms with van der Waals surface area (Å²) in [4.78, 5) is 2.54. The summed E-state index contributed by atoms with van der Waals surface area (Å²) in [5.41, 5.74) is 1.35. The quantitative estimate of drug-likeness (QED) is 0.413. The number of nitrogens with zero attached hydrogens (tertiary/aromatic N) is 1. The Morgan fingerprint density at radius 2 is 1.53 bits per heavy atom. The largest absolute Gasteiger partial charge is 0.494 e. The number of likely N-dealkylation sites (tertiary alicyclic amines) is 1. The highest BCUT2D eigenvalue weighted by Crippen LogP contribution is 2.31. The maximum atomic E-state index is 6.40. The summed E-state index contributed by atoms with van der Waals surface area (Å²) in [6.07, 6.45) is 2.21. The summed E-state index contributed by atoms with van der Waals surface area (Å²) in [5.74, 6) is 2.18. The van der Waals surface area contributed by atoms with Gasteiger partial charge in [-0.3, -0.25) is 0 Å². The first-order valence-electron chi connectivity index (χ1n) is 10.7. The van der Waals surface area contributed by atoms with Crippen LogP contribution in [0.2, 0.25) is 5.02 Å². The van der Waals surface area contributed by atoms with Crippen molar-refractivity contribution in [3.05, 3.63) is 95.5 Å². The lowest BCUT2D eigenvalue weighted by atomic mass is 9.87. The lowest BCUT2D eigenvalue weighted by Gasteiger charge is -2.39. The third kappa shape index (κ3) is 5.78. The Morgan fingerprint density at radius 1 is 0.833 bits per heavy atom. The van der Waals surface area contributed by atoms with Crippen molar-refractivity contribution < 1.29 is 9.47 Å². The van der Waals surface area contributed by atoms with Crippen LogP contribution < -0.4 is 9.47 Å². The van der Waals surface area contributed by atoms with Crippen LogP contribution in [0.15, 0.2) is 84.9 Å². The summed E-state index contributed by atoms with van der Waals surface area (Å²) >= 11 is 5.93. The molecule has 1 aliphatic heterocycles. The van der Waals surface area contributed by atoms with E-state index in [1.165, 1.54) is 5.56 Å². The van der Waals surface area contributed by atoms with Crippen LogP contribution in [0.5, 0.6) is 11.5 Å². The van der Waals surface area contributed by atoms with Gasteiger partial charge in [-0.05, 0) is 54.8 Å². The molecule has 2 unspecified atom stereocenters. The Labute approximate surface area is 184 Å². The van der Waals surface area contributed by atoms with E-state index in [-0.39, 0.29) is 6.10 Å². The first-order chi connectivity index (χ1) is 14.8.